The van der Waals surface area contributed by atoms with Crippen LogP contribution in [0, 0.1) is 6.92 Å². The summed E-state index contributed by atoms with van der Waals surface area (Å²) in [6.45, 7) is 5.96. The highest BCUT2D eigenvalue weighted by atomic mass is 32.1. The minimum Gasteiger partial charge on any atom is -0.334 e. The van der Waals surface area contributed by atoms with Crippen LogP contribution in [0.3, 0.4) is 0 Å². The number of hydrogen-bond acceptors (Lipinski definition) is 6. The molecule has 31 heavy (non-hydrogen) atoms. The third-order valence-electron chi connectivity index (χ3n) is 4.86. The standard InChI is InChI=1S/C24H24N4O2S/c1-15(2)23-27-24(30-28-23)19-11-7-8-16(3)22(19)26-20(29)13-18-14-31-21(25-18)12-17-9-5-4-6-10-17/h4-11,14-15H,12-13H2,1-3H3,(H,26,29). The molecule has 0 aliphatic rings. The second-order valence-electron chi connectivity index (χ2n) is 7.73. The van der Waals surface area contributed by atoms with Crippen LogP contribution in [0.4, 0.5) is 5.69 Å². The van der Waals surface area contributed by atoms with Gasteiger partial charge in [-0.2, -0.15) is 4.98 Å². The molecule has 6 nitrogen and oxygen atoms in total. The van der Waals surface area contributed by atoms with Gasteiger partial charge in [-0.15, -0.1) is 11.3 Å². The van der Waals surface area contributed by atoms with Crippen molar-refractivity contribution in [3.8, 4) is 11.5 Å². The molecule has 0 atom stereocenters. The molecule has 2 aromatic carbocycles. The van der Waals surface area contributed by atoms with Gasteiger partial charge in [0.25, 0.3) is 5.89 Å². The third kappa shape index (κ3) is 5.06. The summed E-state index contributed by atoms with van der Waals surface area (Å²) in [6.07, 6.45) is 0.977. The summed E-state index contributed by atoms with van der Waals surface area (Å²) in [5.41, 5.74) is 4.31. The van der Waals surface area contributed by atoms with Crippen LogP contribution in [0.5, 0.6) is 0 Å². The topological polar surface area (TPSA) is 80.9 Å². The van der Waals surface area contributed by atoms with E-state index in [1.807, 2.05) is 62.5 Å². The van der Waals surface area contributed by atoms with Crippen molar-refractivity contribution >= 4 is 22.9 Å². The molecule has 0 aliphatic carbocycles. The molecule has 7 heteroatoms. The zero-order valence-corrected chi connectivity index (χ0v) is 18.6. The van der Waals surface area contributed by atoms with E-state index in [4.69, 9.17) is 4.52 Å². The fraction of sp³-hybridized carbons (Fsp3) is 0.250. The highest BCUT2D eigenvalue weighted by Crippen LogP contribution is 2.30. The van der Waals surface area contributed by atoms with Crippen molar-refractivity contribution in [1.29, 1.82) is 0 Å². The number of para-hydroxylation sites is 1. The van der Waals surface area contributed by atoms with Crippen molar-refractivity contribution in [3.63, 3.8) is 0 Å². The zero-order chi connectivity index (χ0) is 21.8. The first-order valence-electron chi connectivity index (χ1n) is 10.2. The Morgan fingerprint density at radius 2 is 1.90 bits per heavy atom. The Bertz CT molecular complexity index is 1180. The molecule has 1 N–H and O–H groups in total. The molecule has 0 bridgehead atoms. The van der Waals surface area contributed by atoms with Crippen LogP contribution in [-0.2, 0) is 17.6 Å². The molecule has 0 fully saturated rings. The lowest BCUT2D eigenvalue weighted by Crippen LogP contribution is -2.16. The van der Waals surface area contributed by atoms with Gasteiger partial charge >= 0.3 is 0 Å². The van der Waals surface area contributed by atoms with Gasteiger partial charge in [-0.1, -0.05) is 61.5 Å². The minimum atomic E-state index is -0.129. The van der Waals surface area contributed by atoms with Gasteiger partial charge in [-0.3, -0.25) is 4.79 Å². The van der Waals surface area contributed by atoms with Gasteiger partial charge in [0.1, 0.15) is 0 Å². The number of thiazole rings is 1. The zero-order valence-electron chi connectivity index (χ0n) is 17.8. The number of nitrogens with zero attached hydrogens (tertiary/aromatic N) is 3. The normalized spacial score (nSPS) is 11.1. The van der Waals surface area contributed by atoms with E-state index in [0.717, 1.165) is 28.2 Å². The fourth-order valence-corrected chi connectivity index (χ4v) is 4.05. The Morgan fingerprint density at radius 1 is 1.10 bits per heavy atom. The highest BCUT2D eigenvalue weighted by Gasteiger charge is 2.18. The molecule has 0 saturated carbocycles. The predicted octanol–water partition coefficient (Wildman–Crippen LogP) is 5.40. The number of aryl methyl sites for hydroxylation is 1. The van der Waals surface area contributed by atoms with E-state index < -0.39 is 0 Å². The molecule has 1 amide bonds. The maximum Gasteiger partial charge on any atom is 0.260 e. The SMILES string of the molecule is Cc1cccc(-c2nc(C(C)C)no2)c1NC(=O)Cc1csc(Cc2ccccc2)n1. The summed E-state index contributed by atoms with van der Waals surface area (Å²) in [5, 5.41) is 10.0. The van der Waals surface area contributed by atoms with Crippen LogP contribution in [0.1, 0.15) is 47.4 Å². The summed E-state index contributed by atoms with van der Waals surface area (Å²) in [6, 6.07) is 15.9. The summed E-state index contributed by atoms with van der Waals surface area (Å²) in [4.78, 5) is 21.9. The van der Waals surface area contributed by atoms with Crippen LogP contribution in [0.25, 0.3) is 11.5 Å². The van der Waals surface area contributed by atoms with Crippen LogP contribution >= 0.6 is 11.3 Å². The number of anilines is 1. The van der Waals surface area contributed by atoms with Gasteiger partial charge in [0, 0.05) is 17.7 Å². The molecule has 0 aliphatic heterocycles. The first-order chi connectivity index (χ1) is 15.0. The number of hydrogen-bond donors (Lipinski definition) is 1. The Labute approximate surface area is 185 Å². The second-order valence-corrected chi connectivity index (χ2v) is 8.67. The van der Waals surface area contributed by atoms with E-state index in [1.54, 1.807) is 11.3 Å². The minimum absolute atomic E-state index is 0.129. The number of benzene rings is 2. The van der Waals surface area contributed by atoms with Gasteiger partial charge in [0.15, 0.2) is 5.82 Å². The number of amides is 1. The Balaban J connectivity index is 1.48. The average Bonchev–Trinajstić information content (AvgIpc) is 3.40. The third-order valence-corrected chi connectivity index (χ3v) is 5.76. The van der Waals surface area contributed by atoms with Crippen LogP contribution in [-0.4, -0.2) is 21.0 Å². The van der Waals surface area contributed by atoms with Crippen molar-refractivity contribution in [2.75, 3.05) is 5.32 Å². The first kappa shape index (κ1) is 20.9. The lowest BCUT2D eigenvalue weighted by atomic mass is 10.1. The van der Waals surface area contributed by atoms with Gasteiger partial charge in [0.2, 0.25) is 5.91 Å². The van der Waals surface area contributed by atoms with Gasteiger partial charge in [-0.05, 0) is 24.1 Å². The maximum absolute atomic E-state index is 12.8. The maximum atomic E-state index is 12.8. The number of carbonyl (C=O) groups is 1. The summed E-state index contributed by atoms with van der Waals surface area (Å²) >= 11 is 1.58. The molecule has 4 aromatic rings. The largest absolute Gasteiger partial charge is 0.334 e. The smallest absolute Gasteiger partial charge is 0.260 e. The van der Waals surface area contributed by atoms with Crippen molar-refractivity contribution in [2.24, 2.45) is 0 Å². The van der Waals surface area contributed by atoms with Crippen molar-refractivity contribution in [3.05, 3.63) is 81.6 Å². The highest BCUT2D eigenvalue weighted by molar-refractivity contribution is 7.09. The van der Waals surface area contributed by atoms with E-state index in [9.17, 15) is 4.79 Å². The first-order valence-corrected chi connectivity index (χ1v) is 11.1. The second kappa shape index (κ2) is 9.22. The number of carbonyl (C=O) groups excluding carboxylic acids is 1. The predicted molar refractivity (Wildman–Crippen MR) is 122 cm³/mol. The fourth-order valence-electron chi connectivity index (χ4n) is 3.22. The number of nitrogens with one attached hydrogen (secondary N) is 1. The van der Waals surface area contributed by atoms with Gasteiger partial charge < -0.3 is 9.84 Å². The van der Waals surface area contributed by atoms with E-state index in [1.165, 1.54) is 5.56 Å². The summed E-state index contributed by atoms with van der Waals surface area (Å²) in [5.74, 6) is 1.08. The number of aromatic nitrogens is 3. The quantitative estimate of drug-likeness (QED) is 0.423. The molecular formula is C24H24N4O2S. The molecule has 0 spiro atoms. The molecule has 2 aromatic heterocycles. The molecular weight excluding hydrogens is 408 g/mol. The number of rotatable bonds is 7. The molecule has 158 valence electrons. The Hall–Kier alpha value is -3.32. The van der Waals surface area contributed by atoms with Crippen molar-refractivity contribution < 1.29 is 9.32 Å². The van der Waals surface area contributed by atoms with Gasteiger partial charge in [0.05, 0.1) is 28.4 Å². The van der Waals surface area contributed by atoms with Crippen LogP contribution < -0.4 is 5.32 Å². The van der Waals surface area contributed by atoms with E-state index in [0.29, 0.717) is 17.4 Å². The summed E-state index contributed by atoms with van der Waals surface area (Å²) < 4.78 is 5.44. The lowest BCUT2D eigenvalue weighted by Gasteiger charge is -2.11. The van der Waals surface area contributed by atoms with Crippen LogP contribution in [0.15, 0.2) is 58.4 Å². The van der Waals surface area contributed by atoms with Crippen LogP contribution in [0.2, 0.25) is 0 Å². The molecule has 0 saturated heterocycles. The molecule has 0 unspecified atom stereocenters. The summed E-state index contributed by atoms with van der Waals surface area (Å²) in [7, 11) is 0. The molecule has 2 heterocycles. The Kier molecular flexibility index (Phi) is 6.23. The molecule has 0 radical (unpaired) electrons. The Morgan fingerprint density at radius 3 is 2.65 bits per heavy atom. The van der Waals surface area contributed by atoms with E-state index in [-0.39, 0.29) is 18.2 Å². The van der Waals surface area contributed by atoms with Crippen molar-refractivity contribution in [2.45, 2.75) is 39.5 Å². The lowest BCUT2D eigenvalue weighted by molar-refractivity contribution is -0.115. The van der Waals surface area contributed by atoms with E-state index in [2.05, 4.69) is 32.6 Å². The van der Waals surface area contributed by atoms with Crippen molar-refractivity contribution in [1.82, 2.24) is 15.1 Å². The molecule has 4 rings (SSSR count). The monoisotopic (exact) mass is 432 g/mol. The van der Waals surface area contributed by atoms with Gasteiger partial charge in [-0.25, -0.2) is 4.98 Å². The van der Waals surface area contributed by atoms with E-state index >= 15 is 0 Å². The average molecular weight is 433 g/mol.